The van der Waals surface area contributed by atoms with E-state index in [-0.39, 0.29) is 10.9 Å². The Balaban J connectivity index is 2.30. The van der Waals surface area contributed by atoms with E-state index in [2.05, 4.69) is 0 Å². The summed E-state index contributed by atoms with van der Waals surface area (Å²) >= 11 is 0. The van der Waals surface area contributed by atoms with Gasteiger partial charge < -0.3 is 0 Å². The van der Waals surface area contributed by atoms with E-state index in [1.165, 1.54) is 11.4 Å². The van der Waals surface area contributed by atoms with Crippen molar-refractivity contribution in [2.75, 3.05) is 7.05 Å². The SMILES string of the molecule is CN(C1CCCCC1)S(=O)(=O)c1ccc([N+](=O)[O-])c(F)c1. The normalized spacial score (nSPS) is 17.1. The molecule has 1 aliphatic carbocycles. The third-order valence-electron chi connectivity index (χ3n) is 3.88. The molecule has 1 aromatic rings. The van der Waals surface area contributed by atoms with Crippen LogP contribution in [0, 0.1) is 15.9 Å². The monoisotopic (exact) mass is 316 g/mol. The van der Waals surface area contributed by atoms with Crippen molar-refractivity contribution in [1.29, 1.82) is 0 Å². The van der Waals surface area contributed by atoms with E-state index >= 15 is 0 Å². The van der Waals surface area contributed by atoms with Crippen molar-refractivity contribution in [2.45, 2.75) is 43.0 Å². The van der Waals surface area contributed by atoms with Crippen molar-refractivity contribution in [2.24, 2.45) is 0 Å². The first-order chi connectivity index (χ1) is 9.84. The molecule has 1 aliphatic rings. The summed E-state index contributed by atoms with van der Waals surface area (Å²) in [6.07, 6.45) is 4.60. The van der Waals surface area contributed by atoms with Gasteiger partial charge >= 0.3 is 5.69 Å². The van der Waals surface area contributed by atoms with Crippen LogP contribution in [0.25, 0.3) is 0 Å². The second-order valence-electron chi connectivity index (χ2n) is 5.18. The number of hydrogen-bond donors (Lipinski definition) is 0. The molecule has 0 bridgehead atoms. The lowest BCUT2D eigenvalue weighted by atomic mass is 9.96. The molecule has 1 fully saturated rings. The van der Waals surface area contributed by atoms with E-state index in [0.717, 1.165) is 44.2 Å². The molecule has 6 nitrogen and oxygen atoms in total. The molecular weight excluding hydrogens is 299 g/mol. The number of rotatable bonds is 4. The minimum Gasteiger partial charge on any atom is -0.258 e. The van der Waals surface area contributed by atoms with Gasteiger partial charge in [-0.05, 0) is 18.9 Å². The third-order valence-corrected chi connectivity index (χ3v) is 5.79. The van der Waals surface area contributed by atoms with Gasteiger partial charge in [0.15, 0.2) is 0 Å². The van der Waals surface area contributed by atoms with E-state index < -0.39 is 26.5 Å². The quantitative estimate of drug-likeness (QED) is 0.632. The number of hydrogen-bond acceptors (Lipinski definition) is 4. The molecule has 0 heterocycles. The van der Waals surface area contributed by atoms with Gasteiger partial charge in [-0.1, -0.05) is 19.3 Å². The first-order valence-electron chi connectivity index (χ1n) is 6.76. The largest absolute Gasteiger partial charge is 0.304 e. The highest BCUT2D eigenvalue weighted by Crippen LogP contribution is 2.28. The molecule has 0 aliphatic heterocycles. The molecule has 0 unspecified atom stereocenters. The highest BCUT2D eigenvalue weighted by molar-refractivity contribution is 7.89. The van der Waals surface area contributed by atoms with E-state index in [0.29, 0.717) is 6.07 Å². The van der Waals surface area contributed by atoms with Crippen LogP contribution >= 0.6 is 0 Å². The van der Waals surface area contributed by atoms with Gasteiger partial charge in [-0.2, -0.15) is 8.70 Å². The second-order valence-corrected chi connectivity index (χ2v) is 7.18. The summed E-state index contributed by atoms with van der Waals surface area (Å²) in [7, 11) is -2.36. The maximum absolute atomic E-state index is 13.6. The first-order valence-corrected chi connectivity index (χ1v) is 8.20. The van der Waals surface area contributed by atoms with Crippen LogP contribution in [0.3, 0.4) is 0 Å². The molecule has 1 saturated carbocycles. The van der Waals surface area contributed by atoms with Crippen LogP contribution in [0.5, 0.6) is 0 Å². The number of halogens is 1. The molecule has 0 aromatic heterocycles. The molecule has 21 heavy (non-hydrogen) atoms. The summed E-state index contributed by atoms with van der Waals surface area (Å²) in [6.45, 7) is 0. The summed E-state index contributed by atoms with van der Waals surface area (Å²) < 4.78 is 39.8. The van der Waals surface area contributed by atoms with Gasteiger partial charge in [0.2, 0.25) is 15.8 Å². The summed E-state index contributed by atoms with van der Waals surface area (Å²) in [5, 5.41) is 10.6. The van der Waals surface area contributed by atoms with Gasteiger partial charge in [-0.3, -0.25) is 10.1 Å². The second kappa shape index (κ2) is 6.07. The van der Waals surface area contributed by atoms with Crippen LogP contribution in [-0.4, -0.2) is 30.7 Å². The maximum atomic E-state index is 13.6. The van der Waals surface area contributed by atoms with Crippen LogP contribution < -0.4 is 0 Å². The van der Waals surface area contributed by atoms with Crippen molar-refractivity contribution < 1.29 is 17.7 Å². The molecule has 0 amide bonds. The third kappa shape index (κ3) is 3.21. The van der Waals surface area contributed by atoms with Crippen molar-refractivity contribution in [3.63, 3.8) is 0 Å². The molecule has 1 aromatic carbocycles. The van der Waals surface area contributed by atoms with E-state index in [1.54, 1.807) is 0 Å². The number of sulfonamides is 1. The summed E-state index contributed by atoms with van der Waals surface area (Å²) in [5.74, 6) is -1.14. The Labute approximate surface area is 122 Å². The van der Waals surface area contributed by atoms with Crippen LogP contribution in [0.2, 0.25) is 0 Å². The zero-order valence-corrected chi connectivity index (χ0v) is 12.5. The number of nitrogens with zero attached hydrogens (tertiary/aromatic N) is 2. The van der Waals surface area contributed by atoms with Crippen LogP contribution in [-0.2, 0) is 10.0 Å². The van der Waals surface area contributed by atoms with E-state index in [1.807, 2.05) is 0 Å². The predicted octanol–water partition coefficient (Wildman–Crippen LogP) is 2.69. The zero-order chi connectivity index (χ0) is 15.6. The average Bonchev–Trinajstić information content (AvgIpc) is 2.46. The van der Waals surface area contributed by atoms with Gasteiger partial charge in [-0.15, -0.1) is 0 Å². The Morgan fingerprint density at radius 2 is 1.90 bits per heavy atom. The van der Waals surface area contributed by atoms with Crippen molar-refractivity contribution >= 4 is 15.7 Å². The number of benzene rings is 1. The molecule has 0 radical (unpaired) electrons. The summed E-state index contributed by atoms with van der Waals surface area (Å²) in [5.41, 5.74) is -0.728. The Morgan fingerprint density at radius 3 is 2.43 bits per heavy atom. The maximum Gasteiger partial charge on any atom is 0.304 e. The van der Waals surface area contributed by atoms with Crippen molar-refractivity contribution in [1.82, 2.24) is 4.31 Å². The molecule has 116 valence electrons. The lowest BCUT2D eigenvalue weighted by molar-refractivity contribution is -0.387. The van der Waals surface area contributed by atoms with Crippen LogP contribution in [0.4, 0.5) is 10.1 Å². The zero-order valence-electron chi connectivity index (χ0n) is 11.7. The highest BCUT2D eigenvalue weighted by Gasteiger charge is 2.30. The van der Waals surface area contributed by atoms with Crippen LogP contribution in [0.1, 0.15) is 32.1 Å². The lowest BCUT2D eigenvalue weighted by Crippen LogP contribution is -2.38. The van der Waals surface area contributed by atoms with Gasteiger partial charge in [0.1, 0.15) is 0 Å². The predicted molar refractivity (Wildman–Crippen MR) is 74.9 cm³/mol. The van der Waals surface area contributed by atoms with Gasteiger partial charge in [0.25, 0.3) is 0 Å². The standard InChI is InChI=1S/C13H17FN2O4S/c1-15(10-5-3-2-4-6-10)21(19,20)11-7-8-13(16(17)18)12(14)9-11/h7-10H,2-6H2,1H3. The summed E-state index contributed by atoms with van der Waals surface area (Å²) in [4.78, 5) is 9.44. The molecule has 0 N–H and O–H groups in total. The highest BCUT2D eigenvalue weighted by atomic mass is 32.2. The fourth-order valence-electron chi connectivity index (χ4n) is 2.60. The number of nitro groups is 1. The fourth-order valence-corrected chi connectivity index (χ4v) is 4.03. The fraction of sp³-hybridized carbons (Fsp3) is 0.538. The minimum atomic E-state index is -3.83. The Morgan fingerprint density at radius 1 is 1.29 bits per heavy atom. The lowest BCUT2D eigenvalue weighted by Gasteiger charge is -2.30. The minimum absolute atomic E-state index is 0.0954. The topological polar surface area (TPSA) is 80.5 Å². The molecule has 8 heteroatoms. The molecule has 0 saturated heterocycles. The Kier molecular flexibility index (Phi) is 4.58. The first kappa shape index (κ1) is 15.8. The Bertz CT molecular complexity index is 642. The average molecular weight is 316 g/mol. The smallest absolute Gasteiger partial charge is 0.258 e. The van der Waals surface area contributed by atoms with Crippen molar-refractivity contribution in [3.05, 3.63) is 34.1 Å². The molecule has 0 spiro atoms. The van der Waals surface area contributed by atoms with Gasteiger partial charge in [0.05, 0.1) is 9.82 Å². The van der Waals surface area contributed by atoms with Gasteiger partial charge in [0, 0.05) is 25.2 Å². The summed E-state index contributed by atoms with van der Waals surface area (Å²) in [6, 6.07) is 2.58. The number of nitro benzene ring substituents is 1. The molecule has 0 atom stereocenters. The molecular formula is C13H17FN2O4S. The van der Waals surface area contributed by atoms with Crippen molar-refractivity contribution in [3.8, 4) is 0 Å². The Hall–Kier alpha value is -1.54. The van der Waals surface area contributed by atoms with Crippen LogP contribution in [0.15, 0.2) is 23.1 Å². The van der Waals surface area contributed by atoms with E-state index in [9.17, 15) is 22.9 Å². The molecule has 2 rings (SSSR count). The van der Waals surface area contributed by atoms with Gasteiger partial charge in [-0.25, -0.2) is 8.42 Å². The van der Waals surface area contributed by atoms with E-state index in [4.69, 9.17) is 0 Å².